The lowest BCUT2D eigenvalue weighted by Crippen LogP contribution is -1.97. The summed E-state index contributed by atoms with van der Waals surface area (Å²) in [5.41, 5.74) is 1.53. The number of benzene rings is 2. The summed E-state index contributed by atoms with van der Waals surface area (Å²) in [5, 5.41) is 20.1. The monoisotopic (exact) mass is 283 g/mol. The Morgan fingerprint density at radius 1 is 1.24 bits per heavy atom. The van der Waals surface area contributed by atoms with Crippen LogP contribution in [0.25, 0.3) is 6.08 Å². The fourth-order valence-electron chi connectivity index (χ4n) is 1.90. The van der Waals surface area contributed by atoms with Gasteiger partial charge >= 0.3 is 5.69 Å². The second-order valence-electron chi connectivity index (χ2n) is 4.52. The standard InChI is InChI=1S/C16H13NO4/c1-11-4-2-3-5-13(11)15(18)8-6-12-7-9-16(19)14(10-12)17(20)21/h2-10,19H,1H3. The predicted octanol–water partition coefficient (Wildman–Crippen LogP) is 3.50. The highest BCUT2D eigenvalue weighted by Gasteiger charge is 2.12. The maximum Gasteiger partial charge on any atom is 0.311 e. The van der Waals surface area contributed by atoms with Gasteiger partial charge in [-0.2, -0.15) is 0 Å². The van der Waals surface area contributed by atoms with Crippen molar-refractivity contribution in [2.45, 2.75) is 6.92 Å². The zero-order valence-corrected chi connectivity index (χ0v) is 11.3. The van der Waals surface area contributed by atoms with E-state index in [9.17, 15) is 20.0 Å². The molecular weight excluding hydrogens is 270 g/mol. The average molecular weight is 283 g/mol. The summed E-state index contributed by atoms with van der Waals surface area (Å²) >= 11 is 0. The smallest absolute Gasteiger partial charge is 0.311 e. The number of hydrogen-bond donors (Lipinski definition) is 1. The summed E-state index contributed by atoms with van der Waals surface area (Å²) in [6.07, 6.45) is 2.85. The number of allylic oxidation sites excluding steroid dienone is 1. The van der Waals surface area contributed by atoms with E-state index in [-0.39, 0.29) is 11.5 Å². The SMILES string of the molecule is Cc1ccccc1C(=O)C=Cc1ccc(O)c([N+](=O)[O-])c1. The van der Waals surface area contributed by atoms with E-state index >= 15 is 0 Å². The number of carbonyl (C=O) groups excluding carboxylic acids is 1. The molecule has 5 nitrogen and oxygen atoms in total. The van der Waals surface area contributed by atoms with Crippen LogP contribution in [0.15, 0.2) is 48.5 Å². The fraction of sp³-hybridized carbons (Fsp3) is 0.0625. The van der Waals surface area contributed by atoms with Crippen LogP contribution in [0.3, 0.4) is 0 Å². The molecule has 2 aromatic rings. The Morgan fingerprint density at radius 3 is 2.62 bits per heavy atom. The fourth-order valence-corrected chi connectivity index (χ4v) is 1.90. The first-order valence-electron chi connectivity index (χ1n) is 6.24. The Labute approximate surface area is 121 Å². The Hall–Kier alpha value is -2.95. The van der Waals surface area contributed by atoms with Gasteiger partial charge in [0.25, 0.3) is 0 Å². The summed E-state index contributed by atoms with van der Waals surface area (Å²) in [6, 6.07) is 11.1. The molecule has 0 aliphatic heterocycles. The average Bonchev–Trinajstić information content (AvgIpc) is 2.46. The quantitative estimate of drug-likeness (QED) is 0.403. The van der Waals surface area contributed by atoms with Crippen molar-refractivity contribution < 1.29 is 14.8 Å². The summed E-state index contributed by atoms with van der Waals surface area (Å²) in [5.74, 6) is -0.578. The molecule has 0 unspecified atom stereocenters. The molecule has 2 rings (SSSR count). The van der Waals surface area contributed by atoms with Crippen molar-refractivity contribution in [2.75, 3.05) is 0 Å². The van der Waals surface area contributed by atoms with E-state index in [1.807, 2.05) is 19.1 Å². The molecule has 0 bridgehead atoms. The van der Waals surface area contributed by atoms with Gasteiger partial charge in [0.15, 0.2) is 11.5 Å². The van der Waals surface area contributed by atoms with Crippen molar-refractivity contribution >= 4 is 17.5 Å². The molecule has 0 saturated carbocycles. The maximum atomic E-state index is 12.1. The van der Waals surface area contributed by atoms with Crippen LogP contribution in [0.4, 0.5) is 5.69 Å². The molecule has 0 aliphatic rings. The second-order valence-corrected chi connectivity index (χ2v) is 4.52. The number of aromatic hydroxyl groups is 1. The van der Waals surface area contributed by atoms with Crippen molar-refractivity contribution in [3.63, 3.8) is 0 Å². The van der Waals surface area contributed by atoms with Crippen molar-refractivity contribution in [2.24, 2.45) is 0 Å². The van der Waals surface area contributed by atoms with Crippen LogP contribution in [-0.4, -0.2) is 15.8 Å². The molecule has 0 fully saturated rings. The molecule has 5 heteroatoms. The zero-order valence-electron chi connectivity index (χ0n) is 11.3. The Kier molecular flexibility index (Phi) is 4.13. The number of carbonyl (C=O) groups is 1. The van der Waals surface area contributed by atoms with E-state index < -0.39 is 10.7 Å². The van der Waals surface area contributed by atoms with Crippen molar-refractivity contribution in [1.29, 1.82) is 0 Å². The zero-order chi connectivity index (χ0) is 15.4. The van der Waals surface area contributed by atoms with E-state index in [0.717, 1.165) is 5.56 Å². The van der Waals surface area contributed by atoms with Crippen molar-refractivity contribution in [3.8, 4) is 5.75 Å². The molecular formula is C16H13NO4. The van der Waals surface area contributed by atoms with Crippen LogP contribution < -0.4 is 0 Å². The highest BCUT2D eigenvalue weighted by Crippen LogP contribution is 2.26. The number of nitro benzene ring substituents is 1. The molecule has 106 valence electrons. The third kappa shape index (κ3) is 3.33. The number of hydrogen-bond acceptors (Lipinski definition) is 4. The lowest BCUT2D eigenvalue weighted by atomic mass is 10.0. The predicted molar refractivity (Wildman–Crippen MR) is 79.3 cm³/mol. The number of aryl methyl sites for hydroxylation is 1. The van der Waals surface area contributed by atoms with E-state index in [4.69, 9.17) is 0 Å². The highest BCUT2D eigenvalue weighted by atomic mass is 16.6. The number of rotatable bonds is 4. The van der Waals surface area contributed by atoms with Crippen LogP contribution in [0.2, 0.25) is 0 Å². The van der Waals surface area contributed by atoms with Crippen molar-refractivity contribution in [1.82, 2.24) is 0 Å². The molecule has 0 spiro atoms. The first-order valence-corrected chi connectivity index (χ1v) is 6.24. The van der Waals surface area contributed by atoms with Gasteiger partial charge in [0.05, 0.1) is 4.92 Å². The molecule has 0 aromatic heterocycles. The first-order chi connectivity index (χ1) is 9.99. The molecule has 0 amide bonds. The molecule has 0 heterocycles. The maximum absolute atomic E-state index is 12.1. The van der Waals surface area contributed by atoms with Crippen LogP contribution in [-0.2, 0) is 0 Å². The van der Waals surface area contributed by atoms with Gasteiger partial charge in [0.2, 0.25) is 0 Å². The molecule has 21 heavy (non-hydrogen) atoms. The Balaban J connectivity index is 2.26. The van der Waals surface area contributed by atoms with Crippen LogP contribution in [0, 0.1) is 17.0 Å². The lowest BCUT2D eigenvalue weighted by Gasteiger charge is -2.00. The topological polar surface area (TPSA) is 80.4 Å². The van der Waals surface area contributed by atoms with Gasteiger partial charge in [-0.05, 0) is 30.2 Å². The lowest BCUT2D eigenvalue weighted by molar-refractivity contribution is -0.385. The minimum Gasteiger partial charge on any atom is -0.502 e. The summed E-state index contributed by atoms with van der Waals surface area (Å²) in [7, 11) is 0. The first kappa shape index (κ1) is 14.5. The van der Waals surface area contributed by atoms with Gasteiger partial charge in [-0.1, -0.05) is 36.4 Å². The van der Waals surface area contributed by atoms with Gasteiger partial charge in [-0.15, -0.1) is 0 Å². The van der Waals surface area contributed by atoms with Gasteiger partial charge in [0, 0.05) is 11.6 Å². The minimum absolute atomic E-state index is 0.177. The van der Waals surface area contributed by atoms with Crippen LogP contribution in [0.5, 0.6) is 5.75 Å². The molecule has 0 aliphatic carbocycles. The molecule has 0 radical (unpaired) electrons. The third-order valence-corrected chi connectivity index (χ3v) is 3.03. The molecule has 2 aromatic carbocycles. The minimum atomic E-state index is -0.671. The molecule has 1 N–H and O–H groups in total. The summed E-state index contributed by atoms with van der Waals surface area (Å²) in [4.78, 5) is 22.1. The Morgan fingerprint density at radius 2 is 1.95 bits per heavy atom. The van der Waals surface area contributed by atoms with E-state index in [0.29, 0.717) is 11.1 Å². The van der Waals surface area contributed by atoms with Crippen molar-refractivity contribution in [3.05, 3.63) is 75.3 Å². The van der Waals surface area contributed by atoms with E-state index in [1.54, 1.807) is 12.1 Å². The number of phenolic OH excluding ortho intramolecular Hbond substituents is 1. The van der Waals surface area contributed by atoms with Crippen LogP contribution in [0.1, 0.15) is 21.5 Å². The Bertz CT molecular complexity index is 735. The largest absolute Gasteiger partial charge is 0.502 e. The van der Waals surface area contributed by atoms with Gasteiger partial charge in [-0.25, -0.2) is 0 Å². The van der Waals surface area contributed by atoms with Gasteiger partial charge < -0.3 is 5.11 Å². The second kappa shape index (κ2) is 6.00. The summed E-state index contributed by atoms with van der Waals surface area (Å²) < 4.78 is 0. The number of nitrogens with zero attached hydrogens (tertiary/aromatic N) is 1. The van der Waals surface area contributed by atoms with E-state index in [2.05, 4.69) is 0 Å². The van der Waals surface area contributed by atoms with E-state index in [1.165, 1.54) is 30.4 Å². The number of phenols is 1. The molecule has 0 atom stereocenters. The van der Waals surface area contributed by atoms with Crippen LogP contribution >= 0.6 is 0 Å². The molecule has 0 saturated heterocycles. The van der Waals surface area contributed by atoms with Gasteiger partial charge in [0.1, 0.15) is 0 Å². The third-order valence-electron chi connectivity index (χ3n) is 3.03. The normalized spacial score (nSPS) is 10.7. The highest BCUT2D eigenvalue weighted by molar-refractivity contribution is 6.07. The van der Waals surface area contributed by atoms with Gasteiger partial charge in [-0.3, -0.25) is 14.9 Å². The summed E-state index contributed by atoms with van der Waals surface area (Å²) in [6.45, 7) is 1.84. The number of ketones is 1. The number of nitro groups is 1.